The fraction of sp³-hybridized carbons (Fsp3) is 0.462. The summed E-state index contributed by atoms with van der Waals surface area (Å²) in [4.78, 5) is 11.3. The molecule has 0 saturated carbocycles. The van der Waals surface area contributed by atoms with E-state index in [1.54, 1.807) is 7.11 Å². The lowest BCUT2D eigenvalue weighted by Crippen LogP contribution is -2.25. The van der Waals surface area contributed by atoms with Crippen molar-refractivity contribution in [1.82, 2.24) is 5.32 Å². The van der Waals surface area contributed by atoms with E-state index in [4.69, 9.17) is 10.5 Å². The average molecular weight is 236 g/mol. The lowest BCUT2D eigenvalue weighted by molar-refractivity contribution is -0.121. The number of nitrogens with two attached hydrogens (primary N) is 1. The Kier molecular flexibility index (Phi) is 6.10. The molecule has 0 aliphatic rings. The molecule has 17 heavy (non-hydrogen) atoms. The third kappa shape index (κ3) is 5.36. The van der Waals surface area contributed by atoms with Gasteiger partial charge in [0.1, 0.15) is 5.75 Å². The summed E-state index contributed by atoms with van der Waals surface area (Å²) in [6.45, 7) is 1.21. The highest BCUT2D eigenvalue weighted by molar-refractivity contribution is 5.75. The van der Waals surface area contributed by atoms with Gasteiger partial charge in [0.15, 0.2) is 0 Å². The molecule has 1 aromatic carbocycles. The smallest absolute Gasteiger partial charge is 0.220 e. The number of amides is 1. The number of rotatable bonds is 7. The molecule has 0 heterocycles. The summed E-state index contributed by atoms with van der Waals surface area (Å²) in [5.41, 5.74) is 6.49. The molecule has 4 heteroatoms. The van der Waals surface area contributed by atoms with Gasteiger partial charge in [-0.2, -0.15) is 0 Å². The van der Waals surface area contributed by atoms with Crippen molar-refractivity contribution >= 4 is 5.91 Å². The van der Waals surface area contributed by atoms with Crippen LogP contribution >= 0.6 is 0 Å². The van der Waals surface area contributed by atoms with Crippen LogP contribution in [0.5, 0.6) is 5.75 Å². The second-order valence-corrected chi connectivity index (χ2v) is 3.84. The highest BCUT2D eigenvalue weighted by Gasteiger charge is 2.00. The molecule has 0 fully saturated rings. The Morgan fingerprint density at radius 3 is 3.00 bits per heavy atom. The van der Waals surface area contributed by atoms with Crippen molar-refractivity contribution in [3.05, 3.63) is 29.8 Å². The largest absolute Gasteiger partial charge is 0.497 e. The topological polar surface area (TPSA) is 64.3 Å². The summed E-state index contributed by atoms with van der Waals surface area (Å²) in [7, 11) is 1.65. The molecule has 0 saturated heterocycles. The Labute approximate surface area is 102 Å². The van der Waals surface area contributed by atoms with Crippen LogP contribution in [-0.2, 0) is 11.2 Å². The van der Waals surface area contributed by atoms with E-state index >= 15 is 0 Å². The van der Waals surface area contributed by atoms with Gasteiger partial charge in [0.2, 0.25) is 5.91 Å². The van der Waals surface area contributed by atoms with Crippen molar-refractivity contribution in [3.8, 4) is 5.75 Å². The van der Waals surface area contributed by atoms with Gasteiger partial charge in [0.05, 0.1) is 7.11 Å². The molecule has 0 aromatic heterocycles. The third-order valence-electron chi connectivity index (χ3n) is 2.48. The van der Waals surface area contributed by atoms with Crippen molar-refractivity contribution in [2.45, 2.75) is 19.3 Å². The predicted octanol–water partition coefficient (Wildman–Crippen LogP) is 1.09. The molecule has 0 aliphatic carbocycles. The van der Waals surface area contributed by atoms with Gasteiger partial charge < -0.3 is 15.8 Å². The van der Waals surface area contributed by atoms with Crippen LogP contribution in [0, 0.1) is 0 Å². The van der Waals surface area contributed by atoms with Crippen LogP contribution in [-0.4, -0.2) is 26.1 Å². The van der Waals surface area contributed by atoms with Crippen LogP contribution in [0.15, 0.2) is 24.3 Å². The van der Waals surface area contributed by atoms with Gasteiger partial charge in [0, 0.05) is 13.0 Å². The number of nitrogens with one attached hydrogen (secondary N) is 1. The van der Waals surface area contributed by atoms with Crippen LogP contribution in [0.3, 0.4) is 0 Å². The van der Waals surface area contributed by atoms with Crippen molar-refractivity contribution in [2.75, 3.05) is 20.2 Å². The molecule has 1 amide bonds. The highest BCUT2D eigenvalue weighted by atomic mass is 16.5. The minimum atomic E-state index is 0.0679. The molecule has 0 spiro atoms. The predicted molar refractivity (Wildman–Crippen MR) is 68.0 cm³/mol. The van der Waals surface area contributed by atoms with Gasteiger partial charge >= 0.3 is 0 Å². The second-order valence-electron chi connectivity index (χ2n) is 3.84. The van der Waals surface area contributed by atoms with Gasteiger partial charge in [-0.3, -0.25) is 4.79 Å². The minimum Gasteiger partial charge on any atom is -0.497 e. The van der Waals surface area contributed by atoms with Crippen molar-refractivity contribution in [3.63, 3.8) is 0 Å². The summed E-state index contributed by atoms with van der Waals surface area (Å²) in [6, 6.07) is 7.86. The van der Waals surface area contributed by atoms with E-state index in [2.05, 4.69) is 5.32 Å². The van der Waals surface area contributed by atoms with Crippen LogP contribution in [0.4, 0.5) is 0 Å². The maximum absolute atomic E-state index is 11.3. The maximum Gasteiger partial charge on any atom is 0.220 e. The first-order valence-corrected chi connectivity index (χ1v) is 5.86. The van der Waals surface area contributed by atoms with Crippen molar-refractivity contribution in [2.24, 2.45) is 5.73 Å². The van der Waals surface area contributed by atoms with E-state index < -0.39 is 0 Å². The van der Waals surface area contributed by atoms with Gasteiger partial charge in [-0.15, -0.1) is 0 Å². The Balaban J connectivity index is 2.28. The molecule has 0 unspecified atom stereocenters. The molecule has 1 aromatic rings. The van der Waals surface area contributed by atoms with Crippen LogP contribution in [0.25, 0.3) is 0 Å². The van der Waals surface area contributed by atoms with E-state index in [0.717, 1.165) is 24.2 Å². The number of benzene rings is 1. The van der Waals surface area contributed by atoms with Gasteiger partial charge in [-0.25, -0.2) is 0 Å². The Bertz CT molecular complexity index is 353. The van der Waals surface area contributed by atoms with Crippen molar-refractivity contribution in [1.29, 1.82) is 0 Å². The first-order valence-electron chi connectivity index (χ1n) is 5.86. The van der Waals surface area contributed by atoms with Crippen LogP contribution in [0.2, 0.25) is 0 Å². The summed E-state index contributed by atoms with van der Waals surface area (Å²) < 4.78 is 5.13. The normalized spacial score (nSPS) is 10.0. The highest BCUT2D eigenvalue weighted by Crippen LogP contribution is 2.12. The van der Waals surface area contributed by atoms with Gasteiger partial charge in [-0.1, -0.05) is 12.1 Å². The monoisotopic (exact) mass is 236 g/mol. The molecule has 0 radical (unpaired) electrons. The molecule has 0 aliphatic heterocycles. The van der Waals surface area contributed by atoms with E-state index in [1.807, 2.05) is 24.3 Å². The molecular formula is C13H20N2O2. The molecule has 3 N–H and O–H groups in total. The molecule has 94 valence electrons. The lowest BCUT2D eigenvalue weighted by atomic mass is 10.1. The van der Waals surface area contributed by atoms with Crippen molar-refractivity contribution < 1.29 is 9.53 Å². The summed E-state index contributed by atoms with van der Waals surface area (Å²) in [5, 5.41) is 2.87. The molecule has 0 bridgehead atoms. The zero-order valence-corrected chi connectivity index (χ0v) is 10.2. The SMILES string of the molecule is COc1cccc(CCNC(=O)CCCN)c1. The molecular weight excluding hydrogens is 216 g/mol. The summed E-state index contributed by atoms with van der Waals surface area (Å²) in [6.07, 6.45) is 2.06. The standard InChI is InChI=1S/C13H20N2O2/c1-17-12-5-2-4-11(10-12)7-9-15-13(16)6-3-8-14/h2,4-5,10H,3,6-9,14H2,1H3,(H,15,16). The average Bonchev–Trinajstić information content (AvgIpc) is 2.36. The number of ether oxygens (including phenoxy) is 1. The van der Waals surface area contributed by atoms with E-state index in [-0.39, 0.29) is 5.91 Å². The summed E-state index contributed by atoms with van der Waals surface area (Å²) in [5.74, 6) is 0.912. The fourth-order valence-corrected chi connectivity index (χ4v) is 1.53. The first-order chi connectivity index (χ1) is 8.26. The third-order valence-corrected chi connectivity index (χ3v) is 2.48. The Hall–Kier alpha value is -1.55. The maximum atomic E-state index is 11.3. The van der Waals surface area contributed by atoms with E-state index in [1.165, 1.54) is 0 Å². The summed E-state index contributed by atoms with van der Waals surface area (Å²) >= 11 is 0. The van der Waals surface area contributed by atoms with Crippen LogP contribution in [0.1, 0.15) is 18.4 Å². The zero-order chi connectivity index (χ0) is 12.5. The lowest BCUT2D eigenvalue weighted by Gasteiger charge is -2.06. The van der Waals surface area contributed by atoms with Gasteiger partial charge in [0.25, 0.3) is 0 Å². The molecule has 1 rings (SSSR count). The molecule has 0 atom stereocenters. The molecule has 4 nitrogen and oxygen atoms in total. The number of methoxy groups -OCH3 is 1. The Morgan fingerprint density at radius 1 is 1.47 bits per heavy atom. The minimum absolute atomic E-state index is 0.0679. The van der Waals surface area contributed by atoms with E-state index in [0.29, 0.717) is 19.5 Å². The number of hydrogen-bond donors (Lipinski definition) is 2. The van der Waals surface area contributed by atoms with Crippen LogP contribution < -0.4 is 15.8 Å². The Morgan fingerprint density at radius 2 is 2.29 bits per heavy atom. The number of carbonyl (C=O) groups is 1. The number of hydrogen-bond acceptors (Lipinski definition) is 3. The second kappa shape index (κ2) is 7.68. The first kappa shape index (κ1) is 13.5. The van der Waals surface area contributed by atoms with Gasteiger partial charge in [-0.05, 0) is 37.1 Å². The zero-order valence-electron chi connectivity index (χ0n) is 10.2. The number of carbonyl (C=O) groups excluding carboxylic acids is 1. The quantitative estimate of drug-likeness (QED) is 0.745. The van der Waals surface area contributed by atoms with E-state index in [9.17, 15) is 4.79 Å². The fourth-order valence-electron chi connectivity index (χ4n) is 1.53.